The number of nitrogens with one attached hydrogen (secondary N) is 3. The summed E-state index contributed by atoms with van der Waals surface area (Å²) in [6, 6.07) is 10.2. The number of aromatic amines is 1. The first kappa shape index (κ1) is 12.2. The van der Waals surface area contributed by atoms with Crippen LogP contribution in [0.3, 0.4) is 0 Å². The average Bonchev–Trinajstić information content (AvgIpc) is 3.20. The molecule has 0 unspecified atom stereocenters. The number of anilines is 2. The summed E-state index contributed by atoms with van der Waals surface area (Å²) in [7, 11) is 0. The lowest BCUT2D eigenvalue weighted by molar-refractivity contribution is 0.262. The predicted molar refractivity (Wildman–Crippen MR) is 74.4 cm³/mol. The van der Waals surface area contributed by atoms with E-state index in [0.717, 1.165) is 5.69 Å². The van der Waals surface area contributed by atoms with E-state index in [4.69, 9.17) is 5.26 Å². The molecule has 1 aromatic heterocycles. The Labute approximate surface area is 115 Å². The summed E-state index contributed by atoms with van der Waals surface area (Å²) < 4.78 is 0. The number of rotatable bonds is 3. The number of amides is 2. The van der Waals surface area contributed by atoms with E-state index in [9.17, 15) is 4.79 Å². The molecule has 6 nitrogen and oxygen atoms in total. The number of nitrogens with zero attached hydrogens (tertiary/aromatic N) is 2. The Morgan fingerprint density at radius 1 is 1.30 bits per heavy atom. The van der Waals surface area contributed by atoms with Gasteiger partial charge in [0.15, 0.2) is 5.82 Å². The molecule has 0 atom stereocenters. The highest BCUT2D eigenvalue weighted by Gasteiger charge is 2.25. The van der Waals surface area contributed by atoms with Crippen LogP contribution in [0.25, 0.3) is 0 Å². The van der Waals surface area contributed by atoms with Gasteiger partial charge in [0.05, 0.1) is 11.6 Å². The molecule has 100 valence electrons. The van der Waals surface area contributed by atoms with Gasteiger partial charge >= 0.3 is 6.03 Å². The minimum atomic E-state index is -0.358. The Balaban J connectivity index is 1.59. The number of carbonyl (C=O) groups excluding carboxylic acids is 1. The van der Waals surface area contributed by atoms with Gasteiger partial charge in [-0.1, -0.05) is 0 Å². The van der Waals surface area contributed by atoms with E-state index in [1.807, 2.05) is 12.1 Å². The molecule has 1 aromatic carbocycles. The monoisotopic (exact) mass is 267 g/mol. The zero-order valence-electron chi connectivity index (χ0n) is 10.7. The summed E-state index contributed by atoms with van der Waals surface area (Å²) in [5.41, 5.74) is 2.25. The Hall–Kier alpha value is -2.81. The van der Waals surface area contributed by atoms with Crippen molar-refractivity contribution in [2.24, 2.45) is 0 Å². The molecule has 0 aliphatic heterocycles. The van der Waals surface area contributed by atoms with Crippen LogP contribution in [0.15, 0.2) is 30.3 Å². The third kappa shape index (κ3) is 2.78. The molecule has 6 heteroatoms. The molecule has 3 N–H and O–H groups in total. The van der Waals surface area contributed by atoms with Gasteiger partial charge in [0.25, 0.3) is 0 Å². The molecule has 0 saturated heterocycles. The van der Waals surface area contributed by atoms with Crippen LogP contribution in [0.5, 0.6) is 0 Å². The van der Waals surface area contributed by atoms with E-state index < -0.39 is 0 Å². The van der Waals surface area contributed by atoms with Gasteiger partial charge in [0.2, 0.25) is 0 Å². The first-order chi connectivity index (χ1) is 9.74. The molecule has 3 rings (SSSR count). The van der Waals surface area contributed by atoms with Crippen LogP contribution in [-0.2, 0) is 0 Å². The first-order valence-corrected chi connectivity index (χ1v) is 6.38. The van der Waals surface area contributed by atoms with Gasteiger partial charge in [-0.3, -0.25) is 10.4 Å². The molecule has 1 aliphatic carbocycles. The van der Waals surface area contributed by atoms with E-state index in [2.05, 4.69) is 20.8 Å². The molecule has 0 bridgehead atoms. The van der Waals surface area contributed by atoms with Gasteiger partial charge in [-0.2, -0.15) is 10.4 Å². The van der Waals surface area contributed by atoms with E-state index in [1.165, 1.54) is 12.8 Å². The van der Waals surface area contributed by atoms with Crippen LogP contribution in [0.2, 0.25) is 0 Å². The van der Waals surface area contributed by atoms with Gasteiger partial charge in [0.1, 0.15) is 0 Å². The second-order valence-corrected chi connectivity index (χ2v) is 4.75. The lowest BCUT2D eigenvalue weighted by Crippen LogP contribution is -2.19. The smallest absolute Gasteiger partial charge is 0.308 e. The molecule has 0 radical (unpaired) electrons. The standard InChI is InChI=1S/C14H13N5O/c15-8-9-1-5-11(6-2-9)16-14(20)17-13-7-12(18-19-13)10-3-4-10/h1-2,5-7,10H,3-4H2,(H3,16,17,18,19,20). The van der Waals surface area contributed by atoms with Gasteiger partial charge in [-0.25, -0.2) is 4.79 Å². The van der Waals surface area contributed by atoms with Gasteiger partial charge in [-0.05, 0) is 37.1 Å². The Morgan fingerprint density at radius 3 is 2.70 bits per heavy atom. The lowest BCUT2D eigenvalue weighted by Gasteiger charge is -2.05. The summed E-state index contributed by atoms with van der Waals surface area (Å²) in [5.74, 6) is 1.08. The molecule has 1 aliphatic rings. The number of benzene rings is 1. The topological polar surface area (TPSA) is 93.6 Å². The number of aromatic nitrogens is 2. The van der Waals surface area contributed by atoms with Gasteiger partial charge < -0.3 is 5.32 Å². The molecule has 20 heavy (non-hydrogen) atoms. The lowest BCUT2D eigenvalue weighted by atomic mass is 10.2. The second kappa shape index (κ2) is 5.05. The van der Waals surface area contributed by atoms with E-state index in [1.54, 1.807) is 24.3 Å². The SMILES string of the molecule is N#Cc1ccc(NC(=O)Nc2cc(C3CC3)[nH]n2)cc1. The maximum absolute atomic E-state index is 11.8. The quantitative estimate of drug-likeness (QED) is 0.798. The summed E-state index contributed by atoms with van der Waals surface area (Å²) >= 11 is 0. The summed E-state index contributed by atoms with van der Waals surface area (Å²) in [6.45, 7) is 0. The number of hydrogen-bond acceptors (Lipinski definition) is 3. The fraction of sp³-hybridized carbons (Fsp3) is 0.214. The van der Waals surface area contributed by atoms with Crippen molar-refractivity contribution < 1.29 is 4.79 Å². The average molecular weight is 267 g/mol. The minimum Gasteiger partial charge on any atom is -0.308 e. The third-order valence-corrected chi connectivity index (χ3v) is 3.13. The number of carbonyl (C=O) groups is 1. The van der Waals surface area contributed by atoms with Gasteiger partial charge in [0, 0.05) is 23.4 Å². The Kier molecular flexibility index (Phi) is 3.09. The van der Waals surface area contributed by atoms with Crippen molar-refractivity contribution >= 4 is 17.5 Å². The summed E-state index contributed by atoms with van der Waals surface area (Å²) in [4.78, 5) is 11.8. The maximum atomic E-state index is 11.8. The van der Waals surface area contributed by atoms with Crippen LogP contribution < -0.4 is 10.6 Å². The highest BCUT2D eigenvalue weighted by molar-refractivity contribution is 5.99. The fourth-order valence-electron chi connectivity index (χ4n) is 1.91. The molecule has 1 fully saturated rings. The highest BCUT2D eigenvalue weighted by atomic mass is 16.2. The number of urea groups is 1. The third-order valence-electron chi connectivity index (χ3n) is 3.13. The predicted octanol–water partition coefficient (Wildman–Crippen LogP) is 2.80. The summed E-state index contributed by atoms with van der Waals surface area (Å²) in [6.07, 6.45) is 2.36. The van der Waals surface area contributed by atoms with Crippen molar-refractivity contribution in [1.29, 1.82) is 5.26 Å². The van der Waals surface area contributed by atoms with Crippen molar-refractivity contribution in [3.63, 3.8) is 0 Å². The molecule has 0 spiro atoms. The van der Waals surface area contributed by atoms with Crippen LogP contribution in [0.4, 0.5) is 16.3 Å². The Morgan fingerprint density at radius 2 is 2.05 bits per heavy atom. The fourth-order valence-corrected chi connectivity index (χ4v) is 1.91. The summed E-state index contributed by atoms with van der Waals surface area (Å²) in [5, 5.41) is 21.0. The van der Waals surface area contributed by atoms with Crippen LogP contribution in [0.1, 0.15) is 30.0 Å². The van der Waals surface area contributed by atoms with Crippen molar-refractivity contribution in [3.8, 4) is 6.07 Å². The van der Waals surface area contributed by atoms with E-state index >= 15 is 0 Å². The molecule has 1 saturated carbocycles. The number of nitriles is 1. The molecule has 2 aromatic rings. The van der Waals surface area contributed by atoms with Crippen molar-refractivity contribution in [2.45, 2.75) is 18.8 Å². The van der Waals surface area contributed by atoms with Crippen molar-refractivity contribution in [2.75, 3.05) is 10.6 Å². The zero-order chi connectivity index (χ0) is 13.9. The van der Waals surface area contributed by atoms with Crippen molar-refractivity contribution in [3.05, 3.63) is 41.6 Å². The molecule has 1 heterocycles. The van der Waals surface area contributed by atoms with Crippen LogP contribution >= 0.6 is 0 Å². The highest BCUT2D eigenvalue weighted by Crippen LogP contribution is 2.39. The van der Waals surface area contributed by atoms with Gasteiger partial charge in [-0.15, -0.1) is 0 Å². The maximum Gasteiger partial charge on any atom is 0.324 e. The van der Waals surface area contributed by atoms with Crippen molar-refractivity contribution in [1.82, 2.24) is 10.2 Å². The first-order valence-electron chi connectivity index (χ1n) is 6.38. The van der Waals surface area contributed by atoms with Crippen LogP contribution in [0, 0.1) is 11.3 Å². The Bertz CT molecular complexity index is 664. The molecular weight excluding hydrogens is 254 g/mol. The van der Waals surface area contributed by atoms with Crippen LogP contribution in [-0.4, -0.2) is 16.2 Å². The minimum absolute atomic E-state index is 0.358. The second-order valence-electron chi connectivity index (χ2n) is 4.75. The normalized spacial score (nSPS) is 13.6. The molecular formula is C14H13N5O. The molecule has 2 amide bonds. The largest absolute Gasteiger partial charge is 0.324 e. The van der Waals surface area contributed by atoms with E-state index in [-0.39, 0.29) is 6.03 Å². The number of H-pyrrole nitrogens is 1. The van der Waals surface area contributed by atoms with E-state index in [0.29, 0.717) is 23.0 Å². The number of hydrogen-bond donors (Lipinski definition) is 3. The zero-order valence-corrected chi connectivity index (χ0v) is 10.7.